The fourth-order valence-electron chi connectivity index (χ4n) is 1.64. The molecule has 0 radical (unpaired) electrons. The molecule has 3 nitrogen and oxygen atoms in total. The highest BCUT2D eigenvalue weighted by atomic mass is 79.9. The van der Waals surface area contributed by atoms with Gasteiger partial charge in [0, 0.05) is 18.5 Å². The van der Waals surface area contributed by atoms with E-state index in [4.69, 9.17) is 0 Å². The van der Waals surface area contributed by atoms with Crippen molar-refractivity contribution in [3.05, 3.63) is 20.8 Å². The first kappa shape index (κ1) is 11.1. The van der Waals surface area contributed by atoms with E-state index >= 15 is 0 Å². The van der Waals surface area contributed by atoms with Crippen molar-refractivity contribution >= 4 is 33.2 Å². The number of carbonyl (C=O) groups excluding carboxylic acids is 1. The van der Waals surface area contributed by atoms with Crippen LogP contribution in [0, 0.1) is 0 Å². The summed E-state index contributed by atoms with van der Waals surface area (Å²) >= 11 is 4.88. The number of hydrogen-bond donors (Lipinski definition) is 1. The summed E-state index contributed by atoms with van der Waals surface area (Å²) in [7, 11) is 0. The van der Waals surface area contributed by atoms with Gasteiger partial charge in [0.15, 0.2) is 0 Å². The van der Waals surface area contributed by atoms with Crippen LogP contribution in [-0.2, 0) is 0 Å². The Balaban J connectivity index is 1.91. The quantitative estimate of drug-likeness (QED) is 0.907. The van der Waals surface area contributed by atoms with Gasteiger partial charge in [-0.25, -0.2) is 5.01 Å². The van der Waals surface area contributed by atoms with Crippen molar-refractivity contribution in [1.82, 2.24) is 10.4 Å². The van der Waals surface area contributed by atoms with Crippen LogP contribution in [0.25, 0.3) is 0 Å². The van der Waals surface area contributed by atoms with Crippen LogP contribution < -0.4 is 5.43 Å². The third kappa shape index (κ3) is 3.03. The normalized spacial score (nSPS) is 17.7. The molecule has 1 aromatic heterocycles. The lowest BCUT2D eigenvalue weighted by molar-refractivity contribution is 0.0750. The van der Waals surface area contributed by atoms with Gasteiger partial charge in [-0.1, -0.05) is 6.42 Å². The molecule has 1 aliphatic rings. The van der Waals surface area contributed by atoms with Crippen molar-refractivity contribution < 1.29 is 4.79 Å². The van der Waals surface area contributed by atoms with Crippen LogP contribution in [0.3, 0.4) is 0 Å². The maximum absolute atomic E-state index is 11.8. The lowest BCUT2D eigenvalue weighted by Gasteiger charge is -2.26. The number of nitrogens with zero attached hydrogens (tertiary/aromatic N) is 1. The highest BCUT2D eigenvalue weighted by molar-refractivity contribution is 9.11. The second-order valence-electron chi connectivity index (χ2n) is 3.63. The largest absolute Gasteiger partial charge is 0.285 e. The first-order valence-electron chi connectivity index (χ1n) is 5.06. The van der Waals surface area contributed by atoms with Gasteiger partial charge in [0.25, 0.3) is 5.91 Å². The van der Waals surface area contributed by atoms with Crippen LogP contribution in [0.2, 0.25) is 0 Å². The smallest absolute Gasteiger partial charge is 0.266 e. The predicted octanol–water partition coefficient (Wildman–Crippen LogP) is 2.64. The average Bonchev–Trinajstić information content (AvgIpc) is 2.66. The Morgan fingerprint density at radius 1 is 1.40 bits per heavy atom. The van der Waals surface area contributed by atoms with Crippen molar-refractivity contribution in [3.8, 4) is 0 Å². The van der Waals surface area contributed by atoms with Gasteiger partial charge in [-0.15, -0.1) is 11.3 Å². The highest BCUT2D eigenvalue weighted by Crippen LogP contribution is 2.20. The van der Waals surface area contributed by atoms with Crippen molar-refractivity contribution in [1.29, 1.82) is 0 Å². The number of thiophene rings is 1. The molecule has 2 rings (SSSR count). The summed E-state index contributed by atoms with van der Waals surface area (Å²) in [5.74, 6) is -0.00106. The van der Waals surface area contributed by atoms with Gasteiger partial charge in [-0.05, 0) is 34.8 Å². The molecule has 5 heteroatoms. The van der Waals surface area contributed by atoms with E-state index < -0.39 is 0 Å². The SMILES string of the molecule is O=C(NN1CCCCC1)c1csc(Br)c1. The number of halogens is 1. The lowest BCUT2D eigenvalue weighted by atomic mass is 10.2. The van der Waals surface area contributed by atoms with E-state index in [2.05, 4.69) is 21.4 Å². The average molecular weight is 289 g/mol. The molecule has 1 aliphatic heterocycles. The zero-order valence-corrected chi connectivity index (χ0v) is 10.7. The van der Waals surface area contributed by atoms with Gasteiger partial charge in [-0.2, -0.15) is 0 Å². The molecule has 0 saturated carbocycles. The number of carbonyl (C=O) groups is 1. The Hall–Kier alpha value is -0.390. The van der Waals surface area contributed by atoms with Crippen molar-refractivity contribution in [2.24, 2.45) is 0 Å². The van der Waals surface area contributed by atoms with E-state index in [9.17, 15) is 4.79 Å². The Morgan fingerprint density at radius 3 is 2.73 bits per heavy atom. The van der Waals surface area contributed by atoms with Gasteiger partial charge >= 0.3 is 0 Å². The minimum atomic E-state index is -0.00106. The lowest BCUT2D eigenvalue weighted by Crippen LogP contribution is -2.44. The van der Waals surface area contributed by atoms with Crippen LogP contribution in [0.15, 0.2) is 15.2 Å². The summed E-state index contributed by atoms with van der Waals surface area (Å²) in [5.41, 5.74) is 3.66. The number of rotatable bonds is 2. The zero-order valence-electron chi connectivity index (χ0n) is 8.33. The van der Waals surface area contributed by atoms with E-state index in [1.165, 1.54) is 30.6 Å². The zero-order chi connectivity index (χ0) is 10.7. The summed E-state index contributed by atoms with van der Waals surface area (Å²) < 4.78 is 0.992. The molecule has 1 N–H and O–H groups in total. The Bertz CT molecular complexity index is 347. The molecule has 1 amide bonds. The molecule has 0 aromatic carbocycles. The fourth-order valence-corrected chi connectivity index (χ4v) is 2.78. The van der Waals surface area contributed by atoms with Crippen LogP contribution in [0.1, 0.15) is 29.6 Å². The Labute approximate surface area is 102 Å². The molecule has 0 spiro atoms. The number of nitrogens with one attached hydrogen (secondary N) is 1. The second kappa shape index (κ2) is 5.09. The molecule has 82 valence electrons. The number of amides is 1. The monoisotopic (exact) mass is 288 g/mol. The molecule has 1 saturated heterocycles. The summed E-state index contributed by atoms with van der Waals surface area (Å²) in [6.45, 7) is 1.94. The molecule has 15 heavy (non-hydrogen) atoms. The molecule has 1 aromatic rings. The Kier molecular flexibility index (Phi) is 3.77. The van der Waals surface area contributed by atoms with Gasteiger partial charge in [-0.3, -0.25) is 10.2 Å². The highest BCUT2D eigenvalue weighted by Gasteiger charge is 2.14. The molecule has 0 aliphatic carbocycles. The standard InChI is InChI=1S/C10H13BrN2OS/c11-9-6-8(7-15-9)10(14)12-13-4-2-1-3-5-13/h6-7H,1-5H2,(H,12,14). The van der Waals surface area contributed by atoms with Crippen LogP contribution in [0.5, 0.6) is 0 Å². The van der Waals surface area contributed by atoms with E-state index in [1.54, 1.807) is 0 Å². The van der Waals surface area contributed by atoms with Crippen molar-refractivity contribution in [2.75, 3.05) is 13.1 Å². The topological polar surface area (TPSA) is 32.3 Å². The second-order valence-corrected chi connectivity index (χ2v) is 5.92. The minimum absolute atomic E-state index is 0.00106. The summed E-state index contributed by atoms with van der Waals surface area (Å²) in [6.07, 6.45) is 3.62. The molecular weight excluding hydrogens is 276 g/mol. The van der Waals surface area contributed by atoms with E-state index in [1.807, 2.05) is 16.5 Å². The van der Waals surface area contributed by atoms with Gasteiger partial charge in [0.05, 0.1) is 9.35 Å². The third-order valence-corrected chi connectivity index (χ3v) is 3.95. The molecule has 0 atom stereocenters. The van der Waals surface area contributed by atoms with Crippen molar-refractivity contribution in [2.45, 2.75) is 19.3 Å². The minimum Gasteiger partial charge on any atom is -0.285 e. The van der Waals surface area contributed by atoms with Crippen molar-refractivity contribution in [3.63, 3.8) is 0 Å². The number of hydrazine groups is 1. The molecule has 1 fully saturated rings. The molecule has 2 heterocycles. The van der Waals surface area contributed by atoms with Crippen LogP contribution in [0.4, 0.5) is 0 Å². The van der Waals surface area contributed by atoms with Gasteiger partial charge < -0.3 is 0 Å². The third-order valence-electron chi connectivity index (χ3n) is 2.45. The van der Waals surface area contributed by atoms with Gasteiger partial charge in [0.1, 0.15) is 0 Å². The maximum Gasteiger partial charge on any atom is 0.266 e. The van der Waals surface area contributed by atoms with E-state index in [0.29, 0.717) is 0 Å². The van der Waals surface area contributed by atoms with Gasteiger partial charge in [0.2, 0.25) is 0 Å². The van der Waals surface area contributed by atoms with Crippen LogP contribution >= 0.6 is 27.3 Å². The predicted molar refractivity (Wildman–Crippen MR) is 64.9 cm³/mol. The molecular formula is C10H13BrN2OS. The fraction of sp³-hybridized carbons (Fsp3) is 0.500. The molecule has 0 unspecified atom stereocenters. The maximum atomic E-state index is 11.8. The first-order chi connectivity index (χ1) is 7.25. The first-order valence-corrected chi connectivity index (χ1v) is 6.73. The van der Waals surface area contributed by atoms with E-state index in [-0.39, 0.29) is 5.91 Å². The summed E-state index contributed by atoms with van der Waals surface area (Å²) in [4.78, 5) is 11.8. The van der Waals surface area contributed by atoms with E-state index in [0.717, 1.165) is 22.4 Å². The Morgan fingerprint density at radius 2 is 2.13 bits per heavy atom. The van der Waals surface area contributed by atoms with Crippen LogP contribution in [-0.4, -0.2) is 24.0 Å². The summed E-state index contributed by atoms with van der Waals surface area (Å²) in [6, 6.07) is 1.85. The number of piperidine rings is 1. The molecule has 0 bridgehead atoms. The summed E-state index contributed by atoms with van der Waals surface area (Å²) in [5, 5.41) is 3.88. The number of hydrogen-bond acceptors (Lipinski definition) is 3.